The van der Waals surface area contributed by atoms with Gasteiger partial charge in [-0.15, -0.1) is 0 Å². The predicted octanol–water partition coefficient (Wildman–Crippen LogP) is 3.51. The van der Waals surface area contributed by atoms with Gasteiger partial charge >= 0.3 is 5.97 Å². The molecule has 0 saturated heterocycles. The number of carbonyl (C=O) groups excluding carboxylic acids is 2. The number of hydrazone groups is 1. The van der Waals surface area contributed by atoms with Crippen molar-refractivity contribution in [3.05, 3.63) is 77.6 Å². The van der Waals surface area contributed by atoms with Crippen LogP contribution in [0.15, 0.2) is 70.2 Å². The van der Waals surface area contributed by atoms with Crippen LogP contribution in [-0.4, -0.2) is 32.3 Å². The fourth-order valence-electron chi connectivity index (χ4n) is 2.43. The molecule has 0 unspecified atom stereocenters. The summed E-state index contributed by atoms with van der Waals surface area (Å²) in [6.45, 7) is 0. The second-order valence-electron chi connectivity index (χ2n) is 5.70. The Kier molecular flexibility index (Phi) is 5.86. The average Bonchev–Trinajstić information content (AvgIpc) is 3.22. The van der Waals surface area contributed by atoms with Gasteiger partial charge < -0.3 is 13.9 Å². The Balaban J connectivity index is 1.62. The third-order valence-corrected chi connectivity index (χ3v) is 3.93. The van der Waals surface area contributed by atoms with Crippen molar-refractivity contribution >= 4 is 18.1 Å². The van der Waals surface area contributed by atoms with E-state index in [1.807, 2.05) is 0 Å². The summed E-state index contributed by atoms with van der Waals surface area (Å²) in [4.78, 5) is 23.5. The van der Waals surface area contributed by atoms with Crippen LogP contribution in [0.2, 0.25) is 0 Å². The number of hydrogen-bond donors (Lipinski definition) is 1. The maximum atomic E-state index is 12.0. The fourth-order valence-corrected chi connectivity index (χ4v) is 2.43. The van der Waals surface area contributed by atoms with E-state index in [-0.39, 0.29) is 5.91 Å². The smallest absolute Gasteiger partial charge is 0.337 e. The van der Waals surface area contributed by atoms with Crippen LogP contribution in [0.5, 0.6) is 5.75 Å². The average molecular weight is 378 g/mol. The van der Waals surface area contributed by atoms with Gasteiger partial charge in [-0.1, -0.05) is 12.1 Å². The number of nitrogens with zero attached hydrogens (tertiary/aromatic N) is 1. The molecule has 3 aromatic rings. The Labute approximate surface area is 161 Å². The molecule has 1 N–H and O–H groups in total. The molecule has 0 radical (unpaired) electrons. The largest absolute Gasteiger partial charge is 0.497 e. The third kappa shape index (κ3) is 4.45. The molecule has 1 amide bonds. The molecule has 0 aliphatic carbocycles. The number of rotatable bonds is 6. The molecule has 0 bridgehead atoms. The minimum Gasteiger partial charge on any atom is -0.497 e. The van der Waals surface area contributed by atoms with Crippen molar-refractivity contribution in [1.82, 2.24) is 5.43 Å². The summed E-state index contributed by atoms with van der Waals surface area (Å²) < 4.78 is 15.4. The van der Waals surface area contributed by atoms with E-state index in [9.17, 15) is 9.59 Å². The number of methoxy groups -OCH3 is 2. The molecule has 7 nitrogen and oxygen atoms in total. The summed E-state index contributed by atoms with van der Waals surface area (Å²) in [7, 11) is 2.90. The number of ether oxygens (including phenoxy) is 2. The van der Waals surface area contributed by atoms with Crippen molar-refractivity contribution < 1.29 is 23.5 Å². The summed E-state index contributed by atoms with van der Waals surface area (Å²) >= 11 is 0. The van der Waals surface area contributed by atoms with Crippen molar-refractivity contribution in [1.29, 1.82) is 0 Å². The molecule has 1 aromatic heterocycles. The highest BCUT2D eigenvalue weighted by Crippen LogP contribution is 2.22. The highest BCUT2D eigenvalue weighted by molar-refractivity contribution is 5.94. The molecule has 3 rings (SSSR count). The van der Waals surface area contributed by atoms with E-state index in [0.29, 0.717) is 28.4 Å². The monoisotopic (exact) mass is 378 g/mol. The molecule has 7 heteroatoms. The maximum absolute atomic E-state index is 12.0. The van der Waals surface area contributed by atoms with Gasteiger partial charge in [-0.3, -0.25) is 4.79 Å². The first kappa shape index (κ1) is 18.9. The van der Waals surface area contributed by atoms with Crippen molar-refractivity contribution in [3.63, 3.8) is 0 Å². The van der Waals surface area contributed by atoms with E-state index in [2.05, 4.69) is 15.3 Å². The number of nitrogens with one attached hydrogen (secondary N) is 1. The minimum atomic E-state index is -0.397. The Morgan fingerprint density at radius 1 is 0.929 bits per heavy atom. The Bertz CT molecular complexity index is 988. The molecular weight excluding hydrogens is 360 g/mol. The summed E-state index contributed by atoms with van der Waals surface area (Å²) in [5, 5.41) is 3.91. The molecule has 1 heterocycles. The van der Waals surface area contributed by atoms with E-state index in [4.69, 9.17) is 9.15 Å². The van der Waals surface area contributed by atoms with Gasteiger partial charge in [0.1, 0.15) is 17.3 Å². The van der Waals surface area contributed by atoms with Crippen molar-refractivity contribution in [3.8, 4) is 17.1 Å². The number of furan rings is 1. The van der Waals surface area contributed by atoms with Crippen LogP contribution in [0.1, 0.15) is 26.5 Å². The van der Waals surface area contributed by atoms with Crippen LogP contribution in [0, 0.1) is 0 Å². The summed E-state index contributed by atoms with van der Waals surface area (Å²) in [6.07, 6.45) is 1.41. The lowest BCUT2D eigenvalue weighted by Gasteiger charge is -2.02. The molecule has 28 heavy (non-hydrogen) atoms. The van der Waals surface area contributed by atoms with Gasteiger partial charge in [0.15, 0.2) is 0 Å². The molecule has 0 spiro atoms. The van der Waals surface area contributed by atoms with Gasteiger partial charge in [0.25, 0.3) is 5.91 Å². The zero-order valence-corrected chi connectivity index (χ0v) is 15.3. The molecule has 0 aliphatic rings. The molecule has 0 aliphatic heterocycles. The van der Waals surface area contributed by atoms with Gasteiger partial charge in [0.2, 0.25) is 0 Å². The van der Waals surface area contributed by atoms with E-state index in [1.54, 1.807) is 67.8 Å². The number of benzene rings is 2. The van der Waals surface area contributed by atoms with Crippen LogP contribution >= 0.6 is 0 Å². The first-order valence-electron chi connectivity index (χ1n) is 8.37. The first-order chi connectivity index (χ1) is 13.6. The Morgan fingerprint density at radius 2 is 1.61 bits per heavy atom. The molecule has 2 aromatic carbocycles. The molecule has 0 atom stereocenters. The second-order valence-corrected chi connectivity index (χ2v) is 5.70. The first-order valence-corrected chi connectivity index (χ1v) is 8.37. The quantitative estimate of drug-likeness (QED) is 0.403. The normalized spacial score (nSPS) is 10.6. The van der Waals surface area contributed by atoms with Crippen molar-refractivity contribution in [2.45, 2.75) is 0 Å². The van der Waals surface area contributed by atoms with Crippen LogP contribution in [0.25, 0.3) is 11.3 Å². The van der Waals surface area contributed by atoms with Crippen LogP contribution in [-0.2, 0) is 4.74 Å². The van der Waals surface area contributed by atoms with Gasteiger partial charge in [0.05, 0.1) is 26.0 Å². The molecule has 0 saturated carbocycles. The lowest BCUT2D eigenvalue weighted by molar-refractivity contribution is 0.0600. The number of amides is 1. The number of esters is 1. The molecule has 142 valence electrons. The number of hydrogen-bond acceptors (Lipinski definition) is 6. The second kappa shape index (κ2) is 8.68. The Morgan fingerprint density at radius 3 is 2.25 bits per heavy atom. The van der Waals surface area contributed by atoms with E-state index in [1.165, 1.54) is 13.3 Å². The fraction of sp³-hybridized carbons (Fsp3) is 0.0952. The SMILES string of the molecule is COC(=O)c1ccc(-c2ccc(/C=N\NC(=O)c3ccc(OC)cc3)o2)cc1. The topological polar surface area (TPSA) is 90.1 Å². The van der Waals surface area contributed by atoms with E-state index in [0.717, 1.165) is 5.56 Å². The van der Waals surface area contributed by atoms with Crippen LogP contribution in [0.3, 0.4) is 0 Å². The summed E-state index contributed by atoms with van der Waals surface area (Å²) in [6, 6.07) is 17.0. The molecular formula is C21H18N2O5. The van der Waals surface area contributed by atoms with E-state index < -0.39 is 5.97 Å². The van der Waals surface area contributed by atoms with E-state index >= 15 is 0 Å². The molecule has 0 fully saturated rings. The van der Waals surface area contributed by atoms with Crippen molar-refractivity contribution in [2.75, 3.05) is 14.2 Å². The zero-order chi connectivity index (χ0) is 19.9. The van der Waals surface area contributed by atoms with Crippen molar-refractivity contribution in [2.24, 2.45) is 5.10 Å². The third-order valence-electron chi connectivity index (χ3n) is 3.93. The predicted molar refractivity (Wildman–Crippen MR) is 104 cm³/mol. The summed E-state index contributed by atoms with van der Waals surface area (Å²) in [5.41, 5.74) is 4.16. The highest BCUT2D eigenvalue weighted by Gasteiger charge is 2.08. The Hall–Kier alpha value is -3.87. The van der Waals surface area contributed by atoms with Gasteiger partial charge in [-0.2, -0.15) is 5.10 Å². The van der Waals surface area contributed by atoms with Crippen LogP contribution < -0.4 is 10.2 Å². The standard InChI is InChI=1S/C21H18N2O5/c1-26-17-9-7-15(8-10-17)20(24)23-22-13-18-11-12-19(28-18)14-3-5-16(6-4-14)21(25)27-2/h3-13H,1-2H3,(H,23,24)/b22-13-. The van der Waals surface area contributed by atoms with Gasteiger partial charge in [-0.05, 0) is 48.5 Å². The lowest BCUT2D eigenvalue weighted by atomic mass is 10.1. The lowest BCUT2D eigenvalue weighted by Crippen LogP contribution is -2.17. The summed E-state index contributed by atoms with van der Waals surface area (Å²) in [5.74, 6) is 1.01. The highest BCUT2D eigenvalue weighted by atomic mass is 16.5. The zero-order valence-electron chi connectivity index (χ0n) is 15.3. The minimum absolute atomic E-state index is 0.343. The maximum Gasteiger partial charge on any atom is 0.337 e. The van der Waals surface area contributed by atoms with Gasteiger partial charge in [0, 0.05) is 11.1 Å². The number of carbonyl (C=O) groups is 2. The van der Waals surface area contributed by atoms with Crippen LogP contribution in [0.4, 0.5) is 0 Å². The van der Waals surface area contributed by atoms with Gasteiger partial charge in [-0.25, -0.2) is 10.2 Å².